The number of quaternary nitrogens is 1. The van der Waals surface area contributed by atoms with Crippen LogP contribution in [0.5, 0.6) is 0 Å². The minimum Gasteiger partial charge on any atom is -0.455 e. The summed E-state index contributed by atoms with van der Waals surface area (Å²) < 4.78 is 5.86. The maximum atomic E-state index is 9.50. The Hall–Kier alpha value is -1.58. The van der Waals surface area contributed by atoms with Crippen molar-refractivity contribution in [2.75, 3.05) is 6.54 Å². The summed E-state index contributed by atoms with van der Waals surface area (Å²) in [6.07, 6.45) is -0.429. The predicted molar refractivity (Wildman–Crippen MR) is 80.1 cm³/mol. The molecule has 1 heterocycles. The molecule has 0 unspecified atom stereocenters. The van der Waals surface area contributed by atoms with E-state index in [0.717, 1.165) is 35.7 Å². The van der Waals surface area contributed by atoms with Gasteiger partial charge in [0.1, 0.15) is 12.3 Å². The molecule has 0 aliphatic heterocycles. The van der Waals surface area contributed by atoms with Crippen molar-refractivity contribution in [2.45, 2.75) is 33.4 Å². The number of benzene rings is 1. The quantitative estimate of drug-likeness (QED) is 0.851. The van der Waals surface area contributed by atoms with E-state index in [4.69, 9.17) is 4.42 Å². The number of aliphatic hydroxyl groups excluding tert-OH is 1. The Bertz CT molecular complexity index is 526. The minimum atomic E-state index is -0.429. The van der Waals surface area contributed by atoms with Gasteiger partial charge in [-0.2, -0.15) is 0 Å². The van der Waals surface area contributed by atoms with Gasteiger partial charge in [-0.25, -0.2) is 0 Å². The molecule has 108 valence electrons. The molecule has 1 aromatic heterocycles. The first-order valence-corrected chi connectivity index (χ1v) is 7.25. The number of nitrogens with two attached hydrogens (primary N) is 1. The summed E-state index contributed by atoms with van der Waals surface area (Å²) in [6.45, 7) is 8.19. The Morgan fingerprint density at radius 1 is 1.05 bits per heavy atom. The van der Waals surface area contributed by atoms with Gasteiger partial charge in [0.2, 0.25) is 0 Å². The molecule has 0 amide bonds. The topological polar surface area (TPSA) is 50.0 Å². The van der Waals surface area contributed by atoms with Gasteiger partial charge in [0, 0.05) is 11.5 Å². The lowest BCUT2D eigenvalue weighted by molar-refractivity contribution is -0.676. The van der Waals surface area contributed by atoms with E-state index in [0.29, 0.717) is 5.92 Å². The van der Waals surface area contributed by atoms with E-state index in [1.807, 2.05) is 36.4 Å². The molecule has 0 spiro atoms. The van der Waals surface area contributed by atoms with E-state index >= 15 is 0 Å². The summed E-state index contributed by atoms with van der Waals surface area (Å²) >= 11 is 0. The Morgan fingerprint density at radius 3 is 2.35 bits per heavy atom. The normalized spacial score (nSPS) is 12.8. The Kier molecular flexibility index (Phi) is 4.99. The zero-order valence-corrected chi connectivity index (χ0v) is 12.5. The number of hydrogen-bond donors (Lipinski definition) is 2. The van der Waals surface area contributed by atoms with Crippen molar-refractivity contribution in [3.05, 3.63) is 47.7 Å². The molecular formula is C17H24NO2+. The smallest absolute Gasteiger partial charge is 0.158 e. The zero-order valence-electron chi connectivity index (χ0n) is 12.5. The fourth-order valence-electron chi connectivity index (χ4n) is 2.13. The molecule has 3 N–H and O–H groups in total. The van der Waals surface area contributed by atoms with Gasteiger partial charge in [0.05, 0.1) is 12.6 Å². The van der Waals surface area contributed by atoms with Crippen molar-refractivity contribution < 1.29 is 14.8 Å². The minimum absolute atomic E-state index is 0.429. The van der Waals surface area contributed by atoms with Crippen LogP contribution in [0, 0.1) is 5.92 Å². The van der Waals surface area contributed by atoms with Crippen molar-refractivity contribution in [2.24, 2.45) is 5.92 Å². The predicted octanol–water partition coefficient (Wildman–Crippen LogP) is 2.72. The average molecular weight is 274 g/mol. The third-order valence-electron chi connectivity index (χ3n) is 3.32. The van der Waals surface area contributed by atoms with Crippen molar-refractivity contribution >= 4 is 0 Å². The van der Waals surface area contributed by atoms with Crippen LogP contribution >= 0.6 is 0 Å². The molecule has 0 saturated heterocycles. The third kappa shape index (κ3) is 3.95. The Labute approximate surface area is 120 Å². The van der Waals surface area contributed by atoms with Crippen molar-refractivity contribution in [3.8, 4) is 11.3 Å². The first-order chi connectivity index (χ1) is 9.56. The monoisotopic (exact) mass is 274 g/mol. The Morgan fingerprint density at radius 2 is 1.75 bits per heavy atom. The van der Waals surface area contributed by atoms with Crippen LogP contribution in [0.3, 0.4) is 0 Å². The molecule has 0 saturated carbocycles. The first-order valence-electron chi connectivity index (χ1n) is 7.25. The maximum absolute atomic E-state index is 9.50. The number of rotatable bonds is 6. The fourth-order valence-corrected chi connectivity index (χ4v) is 2.13. The summed E-state index contributed by atoms with van der Waals surface area (Å²) in [5.41, 5.74) is 1.97. The van der Waals surface area contributed by atoms with Crippen LogP contribution in [-0.4, -0.2) is 11.7 Å². The molecule has 3 nitrogen and oxygen atoms in total. The van der Waals surface area contributed by atoms with E-state index in [2.05, 4.69) is 19.2 Å². The van der Waals surface area contributed by atoms with Crippen molar-refractivity contribution in [1.29, 1.82) is 0 Å². The van der Waals surface area contributed by atoms with Gasteiger partial charge in [-0.15, -0.1) is 0 Å². The van der Waals surface area contributed by atoms with Gasteiger partial charge in [0.25, 0.3) is 0 Å². The summed E-state index contributed by atoms with van der Waals surface area (Å²) in [5.74, 6) is 2.58. The van der Waals surface area contributed by atoms with Crippen LogP contribution in [0.2, 0.25) is 0 Å². The highest BCUT2D eigenvalue weighted by molar-refractivity contribution is 5.58. The van der Waals surface area contributed by atoms with Gasteiger partial charge in [0.15, 0.2) is 5.76 Å². The molecule has 0 aliphatic rings. The molecule has 2 rings (SSSR count). The van der Waals surface area contributed by atoms with Crippen LogP contribution in [0.15, 0.2) is 40.8 Å². The van der Waals surface area contributed by atoms with Crippen LogP contribution in [-0.2, 0) is 6.54 Å². The van der Waals surface area contributed by atoms with Crippen LogP contribution in [0.1, 0.15) is 38.2 Å². The van der Waals surface area contributed by atoms with Crippen LogP contribution < -0.4 is 5.32 Å². The molecule has 1 aromatic carbocycles. The van der Waals surface area contributed by atoms with E-state index in [9.17, 15) is 5.11 Å². The summed E-state index contributed by atoms with van der Waals surface area (Å²) in [7, 11) is 0. The molecular weight excluding hydrogens is 250 g/mol. The number of hydrogen-bond acceptors (Lipinski definition) is 2. The summed E-state index contributed by atoms with van der Waals surface area (Å²) in [6, 6.07) is 11.9. The second-order valence-corrected chi connectivity index (χ2v) is 5.69. The van der Waals surface area contributed by atoms with Crippen molar-refractivity contribution in [3.63, 3.8) is 0 Å². The second kappa shape index (κ2) is 6.73. The van der Waals surface area contributed by atoms with E-state index in [-0.39, 0.29) is 0 Å². The lowest BCUT2D eigenvalue weighted by atomic mass is 10.1. The maximum Gasteiger partial charge on any atom is 0.158 e. The van der Waals surface area contributed by atoms with Gasteiger partial charge < -0.3 is 14.8 Å². The lowest BCUT2D eigenvalue weighted by Gasteiger charge is -2.05. The highest BCUT2D eigenvalue weighted by atomic mass is 16.3. The average Bonchev–Trinajstić information content (AvgIpc) is 2.87. The molecule has 0 radical (unpaired) electrons. The summed E-state index contributed by atoms with van der Waals surface area (Å²) in [4.78, 5) is 0. The number of aliphatic hydroxyl groups is 1. The highest BCUT2D eigenvalue weighted by Crippen LogP contribution is 2.23. The largest absolute Gasteiger partial charge is 0.455 e. The molecule has 20 heavy (non-hydrogen) atoms. The van der Waals surface area contributed by atoms with Gasteiger partial charge in [-0.05, 0) is 24.6 Å². The molecule has 3 heteroatoms. The van der Waals surface area contributed by atoms with Gasteiger partial charge >= 0.3 is 0 Å². The second-order valence-electron chi connectivity index (χ2n) is 5.69. The van der Waals surface area contributed by atoms with Crippen molar-refractivity contribution in [1.82, 2.24) is 0 Å². The highest BCUT2D eigenvalue weighted by Gasteiger charge is 2.07. The van der Waals surface area contributed by atoms with E-state index in [1.165, 1.54) is 0 Å². The molecule has 0 bridgehead atoms. The summed E-state index contributed by atoms with van der Waals surface area (Å²) in [5, 5.41) is 11.8. The van der Waals surface area contributed by atoms with Crippen LogP contribution in [0.4, 0.5) is 0 Å². The van der Waals surface area contributed by atoms with Gasteiger partial charge in [-0.1, -0.05) is 38.1 Å². The molecule has 0 fully saturated rings. The van der Waals surface area contributed by atoms with Crippen LogP contribution in [0.25, 0.3) is 11.3 Å². The third-order valence-corrected chi connectivity index (χ3v) is 3.32. The van der Waals surface area contributed by atoms with Gasteiger partial charge in [-0.3, -0.25) is 0 Å². The SMILES string of the molecule is CC(C)C[NH2+]Cc1ccc(-c2ccc([C@@H](C)O)cc2)o1. The standard InChI is InChI=1S/C17H23NO2/c1-12(2)10-18-11-16-8-9-17(20-16)15-6-4-14(5-7-15)13(3)19/h4-9,12-13,18-19H,10-11H2,1-3H3/p+1/t13-/m1/s1. The van der Waals surface area contributed by atoms with E-state index in [1.54, 1.807) is 6.92 Å². The zero-order chi connectivity index (χ0) is 14.5. The van der Waals surface area contributed by atoms with E-state index < -0.39 is 6.10 Å². The molecule has 0 aliphatic carbocycles. The molecule has 1 atom stereocenters. The Balaban J connectivity index is 2.01. The molecule has 2 aromatic rings. The fraction of sp³-hybridized carbons (Fsp3) is 0.412. The number of furan rings is 1. The first kappa shape index (κ1) is 14.8. The lowest BCUT2D eigenvalue weighted by Crippen LogP contribution is -2.83.